The van der Waals surface area contributed by atoms with E-state index in [1.54, 1.807) is 0 Å². The molecule has 1 aromatic heterocycles. The van der Waals surface area contributed by atoms with Crippen molar-refractivity contribution in [2.24, 2.45) is 0 Å². The van der Waals surface area contributed by atoms with Crippen molar-refractivity contribution in [3.63, 3.8) is 0 Å². The molecule has 0 fully saturated rings. The smallest absolute Gasteiger partial charge is 0.251 e. The molecular weight excluding hydrogens is 224 g/mol. The van der Waals surface area contributed by atoms with Crippen molar-refractivity contribution in [1.82, 2.24) is 10.3 Å². The van der Waals surface area contributed by atoms with Crippen LogP contribution in [0.25, 0.3) is 10.9 Å². The maximum absolute atomic E-state index is 12.1. The minimum atomic E-state index is 0.0202. The van der Waals surface area contributed by atoms with Gasteiger partial charge in [-0.15, -0.1) is 0 Å². The Kier molecular flexibility index (Phi) is 4.03. The van der Waals surface area contributed by atoms with Gasteiger partial charge in [-0.25, -0.2) is 0 Å². The van der Waals surface area contributed by atoms with Crippen LogP contribution in [0.15, 0.2) is 30.5 Å². The van der Waals surface area contributed by atoms with Gasteiger partial charge in [0.15, 0.2) is 0 Å². The van der Waals surface area contributed by atoms with Crippen molar-refractivity contribution in [2.75, 3.05) is 0 Å². The number of aromatic amines is 1. The SMILES string of the molecule is CCCC(CC)NC(=O)c1ccc2cc[nH]c2c1. The molecule has 2 rings (SSSR count). The number of carbonyl (C=O) groups is 1. The normalized spacial score (nSPS) is 12.6. The van der Waals surface area contributed by atoms with Crippen LogP contribution < -0.4 is 5.32 Å². The largest absolute Gasteiger partial charge is 0.361 e. The van der Waals surface area contributed by atoms with Crippen molar-refractivity contribution >= 4 is 16.8 Å². The predicted molar refractivity (Wildman–Crippen MR) is 74.8 cm³/mol. The van der Waals surface area contributed by atoms with Crippen molar-refractivity contribution in [3.8, 4) is 0 Å². The van der Waals surface area contributed by atoms with E-state index in [1.165, 1.54) is 0 Å². The molecule has 1 aromatic carbocycles. The van der Waals surface area contributed by atoms with Crippen molar-refractivity contribution in [2.45, 2.75) is 39.2 Å². The first-order valence-corrected chi connectivity index (χ1v) is 6.62. The van der Waals surface area contributed by atoms with E-state index in [1.807, 2.05) is 30.5 Å². The third-order valence-corrected chi connectivity index (χ3v) is 3.28. The molecule has 0 bridgehead atoms. The Hall–Kier alpha value is -1.77. The zero-order chi connectivity index (χ0) is 13.0. The number of rotatable bonds is 5. The maximum atomic E-state index is 12.1. The summed E-state index contributed by atoms with van der Waals surface area (Å²) in [5.41, 5.74) is 1.73. The highest BCUT2D eigenvalue weighted by molar-refractivity contribution is 5.98. The Morgan fingerprint density at radius 2 is 2.17 bits per heavy atom. The predicted octanol–water partition coefficient (Wildman–Crippen LogP) is 3.48. The lowest BCUT2D eigenvalue weighted by Gasteiger charge is -2.16. The van der Waals surface area contributed by atoms with E-state index in [2.05, 4.69) is 24.1 Å². The third kappa shape index (κ3) is 2.73. The van der Waals surface area contributed by atoms with Gasteiger partial charge >= 0.3 is 0 Å². The van der Waals surface area contributed by atoms with E-state index in [0.717, 1.165) is 35.7 Å². The Labute approximate surface area is 108 Å². The Bertz CT molecular complexity index is 530. The average molecular weight is 244 g/mol. The lowest BCUT2D eigenvalue weighted by Crippen LogP contribution is -2.34. The van der Waals surface area contributed by atoms with Crippen molar-refractivity contribution < 1.29 is 4.79 Å². The number of aromatic nitrogens is 1. The number of H-pyrrole nitrogens is 1. The van der Waals surface area contributed by atoms with Crippen LogP contribution in [0.5, 0.6) is 0 Å². The highest BCUT2D eigenvalue weighted by atomic mass is 16.1. The molecule has 0 aliphatic rings. The summed E-state index contributed by atoms with van der Waals surface area (Å²) in [6.45, 7) is 4.24. The summed E-state index contributed by atoms with van der Waals surface area (Å²) in [4.78, 5) is 15.3. The van der Waals surface area contributed by atoms with E-state index in [4.69, 9.17) is 0 Å². The summed E-state index contributed by atoms with van der Waals surface area (Å²) in [6.07, 6.45) is 4.99. The average Bonchev–Trinajstić information content (AvgIpc) is 2.85. The summed E-state index contributed by atoms with van der Waals surface area (Å²) >= 11 is 0. The summed E-state index contributed by atoms with van der Waals surface area (Å²) in [5, 5.41) is 4.22. The standard InChI is InChI=1S/C15H20N2O/c1-3-5-13(4-2)17-15(18)12-7-6-11-8-9-16-14(11)10-12/h6-10,13,16H,3-5H2,1-2H3,(H,17,18). The second kappa shape index (κ2) is 5.71. The van der Waals surface area contributed by atoms with Gasteiger partial charge in [0.25, 0.3) is 5.91 Å². The molecular formula is C15H20N2O. The molecule has 0 saturated heterocycles. The minimum Gasteiger partial charge on any atom is -0.361 e. The molecule has 96 valence electrons. The van der Waals surface area contributed by atoms with Gasteiger partial charge in [-0.1, -0.05) is 26.3 Å². The van der Waals surface area contributed by atoms with Crippen LogP contribution in [0, 0.1) is 0 Å². The molecule has 1 atom stereocenters. The highest BCUT2D eigenvalue weighted by Gasteiger charge is 2.11. The molecule has 2 N–H and O–H groups in total. The molecule has 0 spiro atoms. The van der Waals surface area contributed by atoms with Crippen LogP contribution in [0.1, 0.15) is 43.5 Å². The zero-order valence-corrected chi connectivity index (χ0v) is 11.0. The maximum Gasteiger partial charge on any atom is 0.251 e. The fourth-order valence-electron chi connectivity index (χ4n) is 2.18. The number of amides is 1. The summed E-state index contributed by atoms with van der Waals surface area (Å²) < 4.78 is 0. The summed E-state index contributed by atoms with van der Waals surface area (Å²) in [5.74, 6) is 0.0202. The molecule has 18 heavy (non-hydrogen) atoms. The van der Waals surface area contributed by atoms with E-state index in [-0.39, 0.29) is 11.9 Å². The second-order valence-electron chi connectivity index (χ2n) is 4.65. The number of benzene rings is 1. The lowest BCUT2D eigenvalue weighted by atomic mass is 10.1. The molecule has 0 aliphatic carbocycles. The number of nitrogens with one attached hydrogen (secondary N) is 2. The number of hydrogen-bond donors (Lipinski definition) is 2. The number of hydrogen-bond acceptors (Lipinski definition) is 1. The minimum absolute atomic E-state index is 0.0202. The van der Waals surface area contributed by atoms with Crippen molar-refractivity contribution in [1.29, 1.82) is 0 Å². The van der Waals surface area contributed by atoms with Crippen LogP contribution >= 0.6 is 0 Å². The number of carbonyl (C=O) groups excluding carboxylic acids is 1. The van der Waals surface area contributed by atoms with Gasteiger partial charge in [0.1, 0.15) is 0 Å². The molecule has 0 aliphatic heterocycles. The second-order valence-corrected chi connectivity index (χ2v) is 4.65. The monoisotopic (exact) mass is 244 g/mol. The fraction of sp³-hybridized carbons (Fsp3) is 0.400. The summed E-state index contributed by atoms with van der Waals surface area (Å²) in [6, 6.07) is 8.04. The van der Waals surface area contributed by atoms with Crippen LogP contribution in [0.3, 0.4) is 0 Å². The van der Waals surface area contributed by atoms with E-state index in [9.17, 15) is 4.79 Å². The van der Waals surface area contributed by atoms with Gasteiger partial charge < -0.3 is 10.3 Å². The van der Waals surface area contributed by atoms with Crippen LogP contribution in [0.4, 0.5) is 0 Å². The molecule has 3 heteroatoms. The Morgan fingerprint density at radius 1 is 1.33 bits per heavy atom. The summed E-state index contributed by atoms with van der Waals surface area (Å²) in [7, 11) is 0. The van der Waals surface area contributed by atoms with Crippen LogP contribution in [-0.4, -0.2) is 16.9 Å². The quantitative estimate of drug-likeness (QED) is 0.831. The highest BCUT2D eigenvalue weighted by Crippen LogP contribution is 2.14. The topological polar surface area (TPSA) is 44.9 Å². The van der Waals surface area contributed by atoms with Gasteiger partial charge in [-0.05, 0) is 36.4 Å². The molecule has 0 saturated carbocycles. The van der Waals surface area contributed by atoms with Crippen LogP contribution in [0.2, 0.25) is 0 Å². The number of fused-ring (bicyclic) bond motifs is 1. The molecule has 1 unspecified atom stereocenters. The van der Waals surface area contributed by atoms with E-state index >= 15 is 0 Å². The first kappa shape index (κ1) is 12.7. The molecule has 0 radical (unpaired) electrons. The van der Waals surface area contributed by atoms with Gasteiger partial charge in [0, 0.05) is 23.3 Å². The fourth-order valence-corrected chi connectivity index (χ4v) is 2.18. The van der Waals surface area contributed by atoms with E-state index in [0.29, 0.717) is 0 Å². The third-order valence-electron chi connectivity index (χ3n) is 3.28. The van der Waals surface area contributed by atoms with Crippen molar-refractivity contribution in [3.05, 3.63) is 36.0 Å². The van der Waals surface area contributed by atoms with Gasteiger partial charge in [0.05, 0.1) is 0 Å². The van der Waals surface area contributed by atoms with Gasteiger partial charge in [-0.3, -0.25) is 4.79 Å². The lowest BCUT2D eigenvalue weighted by molar-refractivity contribution is 0.0934. The first-order valence-electron chi connectivity index (χ1n) is 6.62. The Morgan fingerprint density at radius 3 is 2.89 bits per heavy atom. The molecule has 1 heterocycles. The zero-order valence-electron chi connectivity index (χ0n) is 11.0. The first-order chi connectivity index (χ1) is 8.74. The molecule has 1 amide bonds. The van der Waals surface area contributed by atoms with Gasteiger partial charge in [-0.2, -0.15) is 0 Å². The van der Waals surface area contributed by atoms with Crippen LogP contribution in [-0.2, 0) is 0 Å². The molecule has 3 nitrogen and oxygen atoms in total. The van der Waals surface area contributed by atoms with E-state index < -0.39 is 0 Å². The van der Waals surface area contributed by atoms with Gasteiger partial charge in [0.2, 0.25) is 0 Å². The molecule has 2 aromatic rings. The Balaban J connectivity index is 2.12.